The average Bonchev–Trinajstić information content (AvgIpc) is 3.46. The van der Waals surface area contributed by atoms with Crippen molar-refractivity contribution >= 4 is 24.2 Å². The van der Waals surface area contributed by atoms with E-state index < -0.39 is 22.3 Å². The molecule has 44 heavy (non-hydrogen) atoms. The fourth-order valence-electron chi connectivity index (χ4n) is 4.27. The van der Waals surface area contributed by atoms with Gasteiger partial charge >= 0.3 is 0 Å². The zero-order valence-corrected chi connectivity index (χ0v) is 27.3. The second kappa shape index (κ2) is 14.0. The number of aliphatic hydroxyl groups is 1. The molecule has 0 saturated carbocycles. The van der Waals surface area contributed by atoms with Gasteiger partial charge in [0.05, 0.1) is 24.0 Å². The molecule has 0 fully saturated rings. The number of nitrogens with zero attached hydrogens (tertiary/aromatic N) is 2. The molecule has 1 atom stereocenters. The fraction of sp³-hybridized carbons (Fsp3) is 0.429. The number of aliphatic imine (C=N–C) groups is 1. The fourth-order valence-corrected chi connectivity index (χ4v) is 4.27. The summed E-state index contributed by atoms with van der Waals surface area (Å²) in [6.45, 7) is 19.7. The highest BCUT2D eigenvalue weighted by atomic mass is 16.3. The Morgan fingerprint density at radius 2 is 1.43 bits per heavy atom. The van der Waals surface area contributed by atoms with Gasteiger partial charge in [-0.05, 0) is 17.8 Å². The van der Waals surface area contributed by atoms with Crippen molar-refractivity contribution in [1.29, 1.82) is 0 Å². The zero-order valence-electron chi connectivity index (χ0n) is 27.3. The summed E-state index contributed by atoms with van der Waals surface area (Å²) in [4.78, 5) is 37.0. The second-order valence-electron chi connectivity index (χ2n) is 13.8. The van der Waals surface area contributed by atoms with E-state index >= 15 is 0 Å². The molecule has 3 rings (SSSR count). The quantitative estimate of drug-likeness (QED) is 0.134. The summed E-state index contributed by atoms with van der Waals surface area (Å²) in [6.07, 6.45) is 3.63. The molecule has 0 aliphatic heterocycles. The highest BCUT2D eigenvalue weighted by molar-refractivity contribution is 5.82. The Morgan fingerprint density at radius 1 is 0.886 bits per heavy atom. The van der Waals surface area contributed by atoms with E-state index in [2.05, 4.69) is 32.6 Å². The number of hydrogen-bond acceptors (Lipinski definition) is 6. The van der Waals surface area contributed by atoms with Gasteiger partial charge in [0.1, 0.15) is 5.82 Å². The minimum Gasteiger partial charge on any atom is -0.396 e. The highest BCUT2D eigenvalue weighted by Gasteiger charge is 2.36. The first-order chi connectivity index (χ1) is 20.6. The summed E-state index contributed by atoms with van der Waals surface area (Å²) in [7, 11) is 0. The smallest absolute Gasteiger partial charge is 0.225 e. The summed E-state index contributed by atoms with van der Waals surface area (Å²) < 4.78 is 0. The number of H-pyrrole nitrogens is 1. The standard InChI is InChI=1S/C35H48N6O3/c1-33(2,3)31(43)38-19-18-37-20-27(36-9)25-14-10-23(11-15-25)24-12-16-26(17-13-24)28-21-39-30(40-28)29(35(7,8)22-42)41-32(44)34(4,5)6/h10-17,20-21,29,37,42H,9,18-19,22H2,1-8H3,(H,38,43)(H,39,40)(H,41,44)/b27-20-. The Kier molecular flexibility index (Phi) is 10.9. The lowest BCUT2D eigenvalue weighted by atomic mass is 9.83. The van der Waals surface area contributed by atoms with Crippen LogP contribution in [-0.2, 0) is 9.59 Å². The maximum atomic E-state index is 12.8. The number of aromatic nitrogens is 2. The molecule has 3 aromatic rings. The molecule has 1 unspecified atom stereocenters. The van der Waals surface area contributed by atoms with Gasteiger partial charge in [-0.15, -0.1) is 0 Å². The zero-order chi connectivity index (χ0) is 32.7. The molecule has 0 aliphatic rings. The minimum atomic E-state index is -0.623. The Bertz CT molecular complexity index is 1460. The van der Waals surface area contributed by atoms with Gasteiger partial charge in [0.25, 0.3) is 0 Å². The van der Waals surface area contributed by atoms with E-state index in [9.17, 15) is 14.7 Å². The van der Waals surface area contributed by atoms with Crippen molar-refractivity contribution in [2.45, 2.75) is 61.4 Å². The van der Waals surface area contributed by atoms with Gasteiger partial charge < -0.3 is 26.0 Å². The van der Waals surface area contributed by atoms with Crippen molar-refractivity contribution in [3.05, 3.63) is 72.3 Å². The van der Waals surface area contributed by atoms with Crippen LogP contribution >= 0.6 is 0 Å². The van der Waals surface area contributed by atoms with Crippen molar-refractivity contribution in [3.63, 3.8) is 0 Å². The molecule has 0 aliphatic carbocycles. The Morgan fingerprint density at radius 3 is 1.95 bits per heavy atom. The molecule has 2 amide bonds. The number of amides is 2. The van der Waals surface area contributed by atoms with Crippen molar-refractivity contribution in [3.8, 4) is 22.4 Å². The first kappa shape index (κ1) is 34.3. The summed E-state index contributed by atoms with van der Waals surface area (Å²) in [5.74, 6) is 0.502. The van der Waals surface area contributed by atoms with Gasteiger partial charge in [-0.1, -0.05) is 104 Å². The summed E-state index contributed by atoms with van der Waals surface area (Å²) in [6, 6.07) is 15.7. The minimum absolute atomic E-state index is 0.0143. The average molecular weight is 601 g/mol. The van der Waals surface area contributed by atoms with Crippen LogP contribution in [0.25, 0.3) is 28.1 Å². The largest absolute Gasteiger partial charge is 0.396 e. The number of aromatic amines is 1. The van der Waals surface area contributed by atoms with Gasteiger partial charge in [-0.2, -0.15) is 0 Å². The first-order valence-electron chi connectivity index (χ1n) is 14.9. The summed E-state index contributed by atoms with van der Waals surface area (Å²) >= 11 is 0. The number of benzene rings is 2. The van der Waals surface area contributed by atoms with E-state index in [1.807, 2.05) is 110 Å². The van der Waals surface area contributed by atoms with Gasteiger partial charge in [0.2, 0.25) is 11.8 Å². The molecular formula is C35H48N6O3. The molecule has 9 nitrogen and oxygen atoms in total. The first-order valence-corrected chi connectivity index (χ1v) is 14.9. The maximum absolute atomic E-state index is 12.8. The van der Waals surface area contributed by atoms with E-state index in [1.165, 1.54) is 0 Å². The molecule has 236 valence electrons. The SMILES string of the molecule is C=N/C(=C\NCCNC(=O)C(C)(C)C)c1ccc(-c2ccc(-c3c[nH]c(C(NC(=O)C(C)(C)C)C(C)(C)CO)n3)cc2)cc1. The Balaban J connectivity index is 1.69. The maximum Gasteiger partial charge on any atom is 0.225 e. The van der Waals surface area contributed by atoms with Gasteiger partial charge in [-0.25, -0.2) is 4.98 Å². The highest BCUT2D eigenvalue weighted by Crippen LogP contribution is 2.34. The van der Waals surface area contributed by atoms with Crippen molar-refractivity contribution < 1.29 is 14.7 Å². The topological polar surface area (TPSA) is 132 Å². The lowest BCUT2D eigenvalue weighted by Gasteiger charge is -2.33. The lowest BCUT2D eigenvalue weighted by Crippen LogP contribution is -2.44. The Labute approximate surface area is 261 Å². The van der Waals surface area contributed by atoms with Gasteiger partial charge in [0, 0.05) is 52.9 Å². The molecule has 0 spiro atoms. The van der Waals surface area contributed by atoms with E-state index in [0.29, 0.717) is 24.6 Å². The van der Waals surface area contributed by atoms with Gasteiger partial charge in [0.15, 0.2) is 0 Å². The third-order valence-electron chi connectivity index (χ3n) is 7.36. The molecule has 9 heteroatoms. The third kappa shape index (κ3) is 8.89. The van der Waals surface area contributed by atoms with Crippen LogP contribution in [0.3, 0.4) is 0 Å². The van der Waals surface area contributed by atoms with Crippen molar-refractivity contribution in [2.75, 3.05) is 19.7 Å². The second-order valence-corrected chi connectivity index (χ2v) is 13.8. The molecule has 0 radical (unpaired) electrons. The van der Waals surface area contributed by atoms with Crippen molar-refractivity contribution in [1.82, 2.24) is 25.9 Å². The molecule has 1 aromatic heterocycles. The third-order valence-corrected chi connectivity index (χ3v) is 7.36. The predicted molar refractivity (Wildman–Crippen MR) is 179 cm³/mol. The van der Waals surface area contributed by atoms with Crippen LogP contribution in [0.2, 0.25) is 0 Å². The molecule has 1 heterocycles. The number of hydrogen-bond donors (Lipinski definition) is 5. The number of nitrogens with one attached hydrogen (secondary N) is 4. The predicted octanol–water partition coefficient (Wildman–Crippen LogP) is 5.72. The van der Waals surface area contributed by atoms with Crippen LogP contribution in [0.5, 0.6) is 0 Å². The Hall–Kier alpha value is -4.24. The molecular weight excluding hydrogens is 552 g/mol. The van der Waals surface area contributed by atoms with Crippen LogP contribution in [0, 0.1) is 16.2 Å². The van der Waals surface area contributed by atoms with E-state index in [-0.39, 0.29) is 18.4 Å². The summed E-state index contributed by atoms with van der Waals surface area (Å²) in [5, 5.41) is 19.2. The number of rotatable bonds is 12. The molecule has 5 N–H and O–H groups in total. The molecule has 0 saturated heterocycles. The normalized spacial score (nSPS) is 13.2. The molecule has 2 aromatic carbocycles. The lowest BCUT2D eigenvalue weighted by molar-refractivity contribution is -0.130. The van der Waals surface area contributed by atoms with Crippen LogP contribution < -0.4 is 16.0 Å². The number of aliphatic hydroxyl groups excluding tert-OH is 1. The van der Waals surface area contributed by atoms with Crippen LogP contribution in [-0.4, -0.2) is 53.3 Å². The van der Waals surface area contributed by atoms with Crippen LogP contribution in [0.4, 0.5) is 0 Å². The number of carbonyl (C=O) groups excluding carboxylic acids is 2. The van der Waals surface area contributed by atoms with Crippen LogP contribution in [0.1, 0.15) is 72.8 Å². The number of carbonyl (C=O) groups is 2. The molecule has 0 bridgehead atoms. The summed E-state index contributed by atoms with van der Waals surface area (Å²) in [5.41, 5.74) is 3.82. The van der Waals surface area contributed by atoms with E-state index in [1.54, 1.807) is 6.20 Å². The van der Waals surface area contributed by atoms with Gasteiger partial charge in [-0.3, -0.25) is 14.6 Å². The van der Waals surface area contributed by atoms with E-state index in [4.69, 9.17) is 4.98 Å². The monoisotopic (exact) mass is 600 g/mol. The van der Waals surface area contributed by atoms with Crippen LogP contribution in [0.15, 0.2) is 65.9 Å². The van der Waals surface area contributed by atoms with Crippen molar-refractivity contribution in [2.24, 2.45) is 21.2 Å². The van der Waals surface area contributed by atoms with E-state index in [0.717, 1.165) is 27.9 Å². The number of imidazole rings is 1.